The molecule has 0 amide bonds. The van der Waals surface area contributed by atoms with Gasteiger partial charge in [0, 0.05) is 20.4 Å². The first-order valence-corrected chi connectivity index (χ1v) is 7.74. The zero-order valence-electron chi connectivity index (χ0n) is 9.09. The molecule has 0 unspecified atom stereocenters. The summed E-state index contributed by atoms with van der Waals surface area (Å²) < 4.78 is 6.81. The van der Waals surface area contributed by atoms with Crippen LogP contribution in [0.3, 0.4) is 0 Å². The summed E-state index contributed by atoms with van der Waals surface area (Å²) >= 11 is 18.8. The number of hydrogen-bond donors (Lipinski definition) is 0. The maximum Gasteiger partial charge on any atom is 0.146 e. The third-order valence-corrected chi connectivity index (χ3v) is 3.91. The molecule has 0 bridgehead atoms. The summed E-state index contributed by atoms with van der Waals surface area (Å²) in [6.45, 7) is 0. The SMILES string of the molecule is Clc1ccc(Oc2ccc(Br)cc2CBr)c(Cl)c1. The third-order valence-electron chi connectivity index (χ3n) is 2.28. The second kappa shape index (κ2) is 6.29. The Balaban J connectivity index is 2.33. The summed E-state index contributed by atoms with van der Waals surface area (Å²) in [5.74, 6) is 1.35. The summed E-state index contributed by atoms with van der Waals surface area (Å²) in [6, 6.07) is 11.0. The molecule has 94 valence electrons. The highest BCUT2D eigenvalue weighted by molar-refractivity contribution is 9.10. The van der Waals surface area contributed by atoms with Gasteiger partial charge in [-0.3, -0.25) is 0 Å². The Morgan fingerprint density at radius 1 is 1.00 bits per heavy atom. The summed E-state index contributed by atoms with van der Waals surface area (Å²) in [4.78, 5) is 0. The minimum absolute atomic E-state index is 0.492. The molecule has 2 rings (SSSR count). The number of halogens is 4. The lowest BCUT2D eigenvalue weighted by atomic mass is 10.2. The molecule has 5 heteroatoms. The van der Waals surface area contributed by atoms with E-state index < -0.39 is 0 Å². The van der Waals surface area contributed by atoms with E-state index in [1.807, 2.05) is 18.2 Å². The van der Waals surface area contributed by atoms with E-state index in [9.17, 15) is 0 Å². The van der Waals surface area contributed by atoms with Crippen LogP contribution in [0.15, 0.2) is 40.9 Å². The van der Waals surface area contributed by atoms with Crippen LogP contribution in [0.25, 0.3) is 0 Å². The summed E-state index contributed by atoms with van der Waals surface area (Å²) in [5, 5.41) is 1.78. The monoisotopic (exact) mass is 408 g/mol. The van der Waals surface area contributed by atoms with Crippen molar-refractivity contribution in [2.45, 2.75) is 5.33 Å². The maximum atomic E-state index is 6.08. The average molecular weight is 411 g/mol. The van der Waals surface area contributed by atoms with Gasteiger partial charge in [0.2, 0.25) is 0 Å². The Morgan fingerprint density at radius 2 is 1.72 bits per heavy atom. The molecule has 2 aromatic rings. The molecule has 0 saturated heterocycles. The second-order valence-electron chi connectivity index (χ2n) is 3.56. The van der Waals surface area contributed by atoms with Crippen LogP contribution in [0, 0.1) is 0 Å². The zero-order valence-corrected chi connectivity index (χ0v) is 13.8. The van der Waals surface area contributed by atoms with Gasteiger partial charge in [0.1, 0.15) is 11.5 Å². The molecule has 18 heavy (non-hydrogen) atoms. The molecule has 0 aliphatic heterocycles. The van der Waals surface area contributed by atoms with Crippen molar-refractivity contribution in [3.8, 4) is 11.5 Å². The Bertz CT molecular complexity index is 573. The molecule has 0 spiro atoms. The van der Waals surface area contributed by atoms with Gasteiger partial charge in [-0.05, 0) is 36.4 Å². The van der Waals surface area contributed by atoms with Crippen LogP contribution >= 0.6 is 55.1 Å². The topological polar surface area (TPSA) is 9.23 Å². The zero-order chi connectivity index (χ0) is 13.1. The number of alkyl halides is 1. The van der Waals surface area contributed by atoms with E-state index in [2.05, 4.69) is 31.9 Å². The van der Waals surface area contributed by atoms with E-state index in [0.29, 0.717) is 21.1 Å². The average Bonchev–Trinajstić information content (AvgIpc) is 2.34. The fourth-order valence-corrected chi connectivity index (χ4v) is 2.72. The number of rotatable bonds is 3. The van der Waals surface area contributed by atoms with E-state index >= 15 is 0 Å². The van der Waals surface area contributed by atoms with Gasteiger partial charge in [0.05, 0.1) is 5.02 Å². The predicted octanol–water partition coefficient (Wildman–Crippen LogP) is 6.44. The van der Waals surface area contributed by atoms with Gasteiger partial charge < -0.3 is 4.74 Å². The first kappa shape index (κ1) is 14.2. The Kier molecular flexibility index (Phi) is 4.96. The van der Waals surface area contributed by atoms with Crippen LogP contribution in [-0.4, -0.2) is 0 Å². The van der Waals surface area contributed by atoms with Gasteiger partial charge in [-0.2, -0.15) is 0 Å². The highest BCUT2D eigenvalue weighted by atomic mass is 79.9. The molecule has 1 nitrogen and oxygen atoms in total. The summed E-state index contributed by atoms with van der Waals surface area (Å²) in [7, 11) is 0. The van der Waals surface area contributed by atoms with Crippen molar-refractivity contribution in [1.82, 2.24) is 0 Å². The fourth-order valence-electron chi connectivity index (χ4n) is 1.43. The maximum absolute atomic E-state index is 6.08. The third kappa shape index (κ3) is 3.41. The van der Waals surface area contributed by atoms with E-state index in [4.69, 9.17) is 27.9 Å². The molecule has 0 aliphatic rings. The predicted molar refractivity (Wildman–Crippen MR) is 83.3 cm³/mol. The smallest absolute Gasteiger partial charge is 0.146 e. The van der Waals surface area contributed by atoms with Crippen LogP contribution in [-0.2, 0) is 5.33 Å². The minimum atomic E-state index is 0.492. The van der Waals surface area contributed by atoms with E-state index in [-0.39, 0.29) is 0 Å². The standard InChI is InChI=1S/C13H8Br2Cl2O/c14-7-8-5-9(15)1-3-12(8)18-13-4-2-10(16)6-11(13)17/h1-6H,7H2. The van der Waals surface area contributed by atoms with Crippen LogP contribution < -0.4 is 4.74 Å². The van der Waals surface area contributed by atoms with Gasteiger partial charge in [0.15, 0.2) is 0 Å². The molecular weight excluding hydrogens is 403 g/mol. The molecule has 2 aromatic carbocycles. The Labute approximate surface area is 132 Å². The van der Waals surface area contributed by atoms with Gasteiger partial charge in [-0.1, -0.05) is 55.1 Å². The lowest BCUT2D eigenvalue weighted by Gasteiger charge is -2.11. The van der Waals surface area contributed by atoms with Crippen LogP contribution in [0.5, 0.6) is 11.5 Å². The summed E-state index contributed by atoms with van der Waals surface area (Å²) in [6.07, 6.45) is 0. The Hall–Kier alpha value is -0.220. The van der Waals surface area contributed by atoms with Crippen LogP contribution in [0.4, 0.5) is 0 Å². The molecule has 0 N–H and O–H groups in total. The molecule has 0 fully saturated rings. The van der Waals surface area contributed by atoms with Crippen molar-refractivity contribution in [2.75, 3.05) is 0 Å². The van der Waals surface area contributed by atoms with Gasteiger partial charge in [-0.15, -0.1) is 0 Å². The first-order chi connectivity index (χ1) is 8.60. The normalized spacial score (nSPS) is 10.4. The van der Waals surface area contributed by atoms with Crippen molar-refractivity contribution in [3.05, 3.63) is 56.5 Å². The first-order valence-electron chi connectivity index (χ1n) is 5.07. The van der Waals surface area contributed by atoms with E-state index in [0.717, 1.165) is 15.8 Å². The van der Waals surface area contributed by atoms with Gasteiger partial charge in [0.25, 0.3) is 0 Å². The van der Waals surface area contributed by atoms with Crippen molar-refractivity contribution in [2.24, 2.45) is 0 Å². The molecule has 0 heterocycles. The highest BCUT2D eigenvalue weighted by Crippen LogP contribution is 2.34. The van der Waals surface area contributed by atoms with Crippen molar-refractivity contribution < 1.29 is 4.74 Å². The highest BCUT2D eigenvalue weighted by Gasteiger charge is 2.08. The fraction of sp³-hybridized carbons (Fsp3) is 0.0769. The molecule has 0 radical (unpaired) electrons. The lowest BCUT2D eigenvalue weighted by molar-refractivity contribution is 0.479. The van der Waals surface area contributed by atoms with E-state index in [1.165, 1.54) is 0 Å². The number of hydrogen-bond acceptors (Lipinski definition) is 1. The minimum Gasteiger partial charge on any atom is -0.455 e. The molecule has 0 aromatic heterocycles. The van der Waals surface area contributed by atoms with Gasteiger partial charge in [-0.25, -0.2) is 0 Å². The largest absolute Gasteiger partial charge is 0.455 e. The van der Waals surface area contributed by atoms with Crippen molar-refractivity contribution in [1.29, 1.82) is 0 Å². The molecule has 0 aliphatic carbocycles. The van der Waals surface area contributed by atoms with Crippen molar-refractivity contribution >= 4 is 55.1 Å². The quantitative estimate of drug-likeness (QED) is 0.529. The van der Waals surface area contributed by atoms with Crippen LogP contribution in [0.2, 0.25) is 10.0 Å². The number of ether oxygens (including phenoxy) is 1. The molecular formula is C13H8Br2Cl2O. The van der Waals surface area contributed by atoms with Crippen LogP contribution in [0.1, 0.15) is 5.56 Å². The Morgan fingerprint density at radius 3 is 2.39 bits per heavy atom. The number of benzene rings is 2. The summed E-state index contributed by atoms with van der Waals surface area (Å²) in [5.41, 5.74) is 1.04. The second-order valence-corrected chi connectivity index (χ2v) is 5.88. The van der Waals surface area contributed by atoms with Gasteiger partial charge >= 0.3 is 0 Å². The molecule has 0 saturated carbocycles. The van der Waals surface area contributed by atoms with E-state index in [1.54, 1.807) is 18.2 Å². The van der Waals surface area contributed by atoms with Crippen molar-refractivity contribution in [3.63, 3.8) is 0 Å². The lowest BCUT2D eigenvalue weighted by Crippen LogP contribution is -1.90. The molecule has 0 atom stereocenters.